The molecule has 0 saturated carbocycles. The van der Waals surface area contributed by atoms with Crippen molar-refractivity contribution < 1.29 is 17.3 Å². The summed E-state index contributed by atoms with van der Waals surface area (Å²) in [7, 11) is -6.00. The van der Waals surface area contributed by atoms with Gasteiger partial charge in [-0.1, -0.05) is 0 Å². The molecule has 0 saturated heterocycles. The van der Waals surface area contributed by atoms with Crippen LogP contribution >= 0.6 is 0 Å². The monoisotopic (exact) mass is 332 g/mol. The Morgan fingerprint density at radius 2 is 1.39 bits per heavy atom. The molecule has 0 bridgehead atoms. The molecule has 1 aliphatic heterocycles. The van der Waals surface area contributed by atoms with E-state index in [1.165, 1.54) is 5.57 Å². The van der Waals surface area contributed by atoms with E-state index in [9.17, 15) is 17.3 Å². The Labute approximate surface area is 109 Å². The van der Waals surface area contributed by atoms with Gasteiger partial charge < -0.3 is 17.3 Å². The third-order valence-electron chi connectivity index (χ3n) is 2.77. The van der Waals surface area contributed by atoms with Crippen molar-refractivity contribution in [2.24, 2.45) is 0 Å². The van der Waals surface area contributed by atoms with E-state index in [0.29, 0.717) is 0 Å². The molecule has 6 heteroatoms. The molecule has 0 atom stereocenters. The second kappa shape index (κ2) is 6.71. The molecule has 0 unspecified atom stereocenters. The predicted octanol–water partition coefficient (Wildman–Crippen LogP) is 4.99. The normalized spacial score (nSPS) is 18.1. The van der Waals surface area contributed by atoms with Gasteiger partial charge in [0, 0.05) is 0 Å². The van der Waals surface area contributed by atoms with E-state index in [1.54, 1.807) is 0 Å². The molecule has 0 nitrogen and oxygen atoms in total. The molecule has 0 fully saturated rings. The molecule has 18 heavy (non-hydrogen) atoms. The summed E-state index contributed by atoms with van der Waals surface area (Å²) in [6.45, 7) is 11.7. The summed E-state index contributed by atoms with van der Waals surface area (Å²) in [6, 6.07) is 0. The van der Waals surface area contributed by atoms with Crippen molar-refractivity contribution in [3.63, 3.8) is 0 Å². The summed E-state index contributed by atoms with van der Waals surface area (Å²) < 4.78 is 39.0. The molecule has 0 N–H and O–H groups in total. The Kier molecular flexibility index (Phi) is 6.59. The van der Waals surface area contributed by atoms with Gasteiger partial charge in [0.1, 0.15) is 0 Å². The fourth-order valence-electron chi connectivity index (χ4n) is 1.72. The first-order chi connectivity index (χ1) is 7.99. The second-order valence-electron chi connectivity index (χ2n) is 4.76. The third kappa shape index (κ3) is 6.01. The Bertz CT molecular complexity index is 360. The minimum Gasteiger partial charge on any atom is -0.418 e. The predicted molar refractivity (Wildman–Crippen MR) is 75.1 cm³/mol. The van der Waals surface area contributed by atoms with E-state index < -0.39 is 19.7 Å². The minimum absolute atomic E-state index is 0.830. The van der Waals surface area contributed by atoms with Gasteiger partial charge in [0.25, 0.3) is 0 Å². The van der Waals surface area contributed by atoms with E-state index in [0.717, 1.165) is 9.63 Å². The van der Waals surface area contributed by atoms with Gasteiger partial charge >= 0.3 is 91.5 Å². The molecule has 0 aromatic rings. The van der Waals surface area contributed by atoms with Crippen LogP contribution in [0, 0.1) is 0 Å². The number of hydrogen-bond donors (Lipinski definition) is 0. The van der Waals surface area contributed by atoms with Gasteiger partial charge in [-0.3, -0.25) is 0 Å². The van der Waals surface area contributed by atoms with Crippen LogP contribution in [0.1, 0.15) is 34.6 Å². The van der Waals surface area contributed by atoms with Crippen LogP contribution in [0.5, 0.6) is 0 Å². The van der Waals surface area contributed by atoms with Gasteiger partial charge in [0.05, 0.1) is 0 Å². The maximum absolute atomic E-state index is 9.75. The first-order valence-electron chi connectivity index (χ1n) is 5.87. The van der Waals surface area contributed by atoms with E-state index in [2.05, 4.69) is 56.7 Å². The maximum atomic E-state index is 9.75. The average molecular weight is 331 g/mol. The number of allylic oxidation sites excluding steroid dienone is 3. The fraction of sp³-hybridized carbons (Fsp3) is 0.583. The molecule has 0 amide bonds. The Balaban J connectivity index is 0.000000494. The molecule has 106 valence electrons. The SMILES string of the molecule is CC1=CC=[Se+](C(C)C)(C(C)C)C=C1.F[B-](F)(F)F. The van der Waals surface area contributed by atoms with Crippen molar-refractivity contribution in [2.45, 2.75) is 44.3 Å². The van der Waals surface area contributed by atoms with Crippen LogP contribution < -0.4 is 0 Å². The quantitative estimate of drug-likeness (QED) is 0.494. The van der Waals surface area contributed by atoms with Crippen LogP contribution in [0.4, 0.5) is 17.3 Å². The van der Waals surface area contributed by atoms with Gasteiger partial charge in [-0.25, -0.2) is 0 Å². The maximum Gasteiger partial charge on any atom is 0.673 e. The van der Waals surface area contributed by atoms with Gasteiger partial charge in [0.2, 0.25) is 0 Å². The topological polar surface area (TPSA) is 0 Å². The van der Waals surface area contributed by atoms with Crippen LogP contribution in [0.15, 0.2) is 22.7 Å². The molecule has 1 aliphatic rings. The van der Waals surface area contributed by atoms with E-state index >= 15 is 0 Å². The van der Waals surface area contributed by atoms with Gasteiger partial charge in [0.15, 0.2) is 0 Å². The zero-order valence-electron chi connectivity index (χ0n) is 11.5. The van der Waals surface area contributed by atoms with Crippen LogP contribution in [0.25, 0.3) is 0 Å². The molecule has 1 heterocycles. The van der Waals surface area contributed by atoms with Crippen molar-refractivity contribution in [1.82, 2.24) is 0 Å². The van der Waals surface area contributed by atoms with Crippen LogP contribution in [0.3, 0.4) is 0 Å². The van der Waals surface area contributed by atoms with Crippen LogP contribution in [-0.4, -0.2) is 24.6 Å². The smallest absolute Gasteiger partial charge is 0.418 e. The van der Waals surface area contributed by atoms with Crippen molar-refractivity contribution >= 4 is 24.6 Å². The molecular formula is C12H21BF4Se. The number of hydrogen-bond acceptors (Lipinski definition) is 0. The molecule has 0 spiro atoms. The van der Waals surface area contributed by atoms with E-state index in [-0.39, 0.29) is 0 Å². The van der Waals surface area contributed by atoms with Crippen molar-refractivity contribution in [3.8, 4) is 0 Å². The average Bonchev–Trinajstić information content (AvgIpc) is 2.15. The summed E-state index contributed by atoms with van der Waals surface area (Å²) >= 11 is -1.45. The van der Waals surface area contributed by atoms with Crippen molar-refractivity contribution in [3.05, 3.63) is 22.7 Å². The molecule has 0 radical (unpaired) electrons. The van der Waals surface area contributed by atoms with Crippen molar-refractivity contribution in [2.75, 3.05) is 0 Å². The second-order valence-corrected chi connectivity index (χ2v) is 13.3. The van der Waals surface area contributed by atoms with E-state index in [1.807, 2.05) is 0 Å². The fourth-order valence-corrected chi connectivity index (χ4v) is 8.73. The Morgan fingerprint density at radius 1 is 1.00 bits per heavy atom. The van der Waals surface area contributed by atoms with Crippen molar-refractivity contribution in [1.29, 1.82) is 0 Å². The van der Waals surface area contributed by atoms with Crippen LogP contribution in [0.2, 0.25) is 9.63 Å². The molecule has 0 aliphatic carbocycles. The zero-order valence-corrected chi connectivity index (χ0v) is 13.2. The van der Waals surface area contributed by atoms with E-state index in [4.69, 9.17) is 0 Å². The first-order valence-corrected chi connectivity index (χ1v) is 9.83. The molecular weight excluding hydrogens is 310 g/mol. The largest absolute Gasteiger partial charge is 0.673 e. The summed E-state index contributed by atoms with van der Waals surface area (Å²) in [4.78, 5) is 6.72. The van der Waals surface area contributed by atoms with Gasteiger partial charge in [-0.15, -0.1) is 0 Å². The zero-order chi connectivity index (χ0) is 14.6. The van der Waals surface area contributed by atoms with Crippen LogP contribution in [-0.2, 0) is 0 Å². The summed E-state index contributed by atoms with van der Waals surface area (Å²) in [5, 5.41) is 0. The Morgan fingerprint density at radius 3 is 1.61 bits per heavy atom. The Hall–Kier alpha value is -0.346. The summed E-state index contributed by atoms with van der Waals surface area (Å²) in [6.07, 6.45) is 4.64. The molecule has 1 rings (SSSR count). The van der Waals surface area contributed by atoms with Gasteiger partial charge in [-0.2, -0.15) is 0 Å². The summed E-state index contributed by atoms with van der Waals surface area (Å²) in [5.41, 5.74) is 1.40. The standard InChI is InChI=1S/C12H21Se.BF4/c1-10(2)13(11(3)4)8-6-12(5)7-9-13;2-1(3,4)5/h6-11H,1-5H3;/q+1;-1. The summed E-state index contributed by atoms with van der Waals surface area (Å²) in [5.74, 6) is 0. The first kappa shape index (κ1) is 17.7. The number of rotatable bonds is 2. The molecule has 0 aromatic carbocycles. The minimum atomic E-state index is -6.00. The van der Waals surface area contributed by atoms with Gasteiger partial charge in [-0.05, 0) is 0 Å². The number of halogens is 4. The third-order valence-corrected chi connectivity index (χ3v) is 12.2. The molecule has 0 aromatic heterocycles.